The van der Waals surface area contributed by atoms with Gasteiger partial charge in [-0.1, -0.05) is 66.7 Å². The highest BCUT2D eigenvalue weighted by Crippen LogP contribution is 2.44. The van der Waals surface area contributed by atoms with Gasteiger partial charge in [-0.15, -0.1) is 0 Å². The van der Waals surface area contributed by atoms with Gasteiger partial charge in [0.25, 0.3) is 0 Å². The van der Waals surface area contributed by atoms with Crippen molar-refractivity contribution in [3.8, 4) is 78.5 Å². The zero-order chi connectivity index (χ0) is 89.6. The second-order valence-corrected chi connectivity index (χ2v) is 36.4. The Morgan fingerprint density at radius 2 is 0.800 bits per heavy atom. The molecule has 5 amide bonds. The fraction of sp³-hybridized carbons (Fsp3) is 0.366. The summed E-state index contributed by atoms with van der Waals surface area (Å²) in [6.07, 6.45) is 25.3. The fourth-order valence-corrected chi connectivity index (χ4v) is 19.9. The molecule has 0 bridgehead atoms. The number of hydrogen-bond donors (Lipinski definition) is 4. The van der Waals surface area contributed by atoms with Crippen molar-refractivity contribution in [2.24, 2.45) is 40.0 Å². The van der Waals surface area contributed by atoms with Crippen molar-refractivity contribution >= 4 is 73.1 Å². The van der Waals surface area contributed by atoms with Gasteiger partial charge in [0, 0.05) is 349 Å². The minimum atomic E-state index is 0.108. The maximum Gasteiger partial charge on any atom is 0.219 e. The first kappa shape index (κ1) is 84.2. The van der Waals surface area contributed by atoms with Crippen LogP contribution >= 0.6 is 0 Å². The molecule has 6 aliphatic heterocycles. The van der Waals surface area contributed by atoms with Crippen molar-refractivity contribution in [3.63, 3.8) is 0 Å². The number of nitrogens with one attached hydrogen (secondary N) is 4. The van der Waals surface area contributed by atoms with Gasteiger partial charge in [-0.05, 0) is 110 Å². The van der Waals surface area contributed by atoms with Gasteiger partial charge in [-0.3, -0.25) is 56.7 Å². The summed E-state index contributed by atoms with van der Waals surface area (Å²) in [5.41, 5.74) is 34.4. The third-order valence-corrected chi connectivity index (χ3v) is 27.7. The van der Waals surface area contributed by atoms with Crippen LogP contribution in [0.5, 0.6) is 0 Å². The predicted octanol–water partition coefficient (Wildman–Crippen LogP) is 15.1. The van der Waals surface area contributed by atoms with Crippen molar-refractivity contribution in [1.82, 2.24) is 113 Å². The minimum Gasteiger partial charge on any atom is -0.377 e. The first-order chi connectivity index (χ1) is 63.0. The molecule has 1 saturated heterocycles. The van der Waals surface area contributed by atoms with Gasteiger partial charge in [0.15, 0.2) is 0 Å². The fourth-order valence-electron chi connectivity index (χ4n) is 19.9. The zero-order valence-electron chi connectivity index (χ0n) is 75.9. The maximum atomic E-state index is 12.1. The second-order valence-electron chi connectivity index (χ2n) is 36.4. The molecule has 4 N–H and O–H groups in total. The van der Waals surface area contributed by atoms with Crippen molar-refractivity contribution in [2.75, 3.05) is 45.9 Å². The molecule has 24 rings (SSSR count). The third-order valence-electron chi connectivity index (χ3n) is 27.7. The summed E-state index contributed by atoms with van der Waals surface area (Å²) in [4.78, 5) is 82.5. The van der Waals surface area contributed by atoms with E-state index in [4.69, 9.17) is 30.2 Å². The molecular weight excluding hydrogens is 1630 g/mol. The lowest BCUT2D eigenvalue weighted by molar-refractivity contribution is -0.130. The molecule has 17 heterocycles. The van der Waals surface area contributed by atoms with Gasteiger partial charge < -0.3 is 49.2 Å². The Bertz CT molecular complexity index is 7080. The molecule has 2 aliphatic carbocycles. The van der Waals surface area contributed by atoms with Gasteiger partial charge in [0.05, 0.1) is 60.1 Å². The van der Waals surface area contributed by atoms with Gasteiger partial charge in [0.1, 0.15) is 0 Å². The molecule has 130 heavy (non-hydrogen) atoms. The van der Waals surface area contributed by atoms with E-state index in [1.807, 2.05) is 122 Å². The number of fused-ring (bicyclic) bond motifs is 9. The largest absolute Gasteiger partial charge is 0.377 e. The summed E-state index contributed by atoms with van der Waals surface area (Å²) in [5, 5.41) is 37.9. The topological polar surface area (TPSA) is 299 Å². The minimum absolute atomic E-state index is 0.108. The number of carbonyl (C=O) groups is 5. The first-order valence-electron chi connectivity index (χ1n) is 45.6. The van der Waals surface area contributed by atoms with E-state index in [9.17, 15) is 24.0 Å². The number of aromatic nitrogens is 18. The number of aryl methyl sites for hydroxylation is 6. The van der Waals surface area contributed by atoms with E-state index in [1.54, 1.807) is 39.3 Å². The third kappa shape index (κ3) is 16.3. The molecule has 0 radical (unpaired) electrons. The van der Waals surface area contributed by atoms with Crippen LogP contribution in [-0.4, -0.2) is 188 Å². The molecule has 3 fully saturated rings. The van der Waals surface area contributed by atoms with Crippen molar-refractivity contribution < 1.29 is 28.7 Å². The average molecular weight is 1740 g/mol. The lowest BCUT2D eigenvalue weighted by atomic mass is 9.97. The Morgan fingerprint density at radius 1 is 0.385 bits per heavy atom. The normalized spacial score (nSPS) is 15.8. The Balaban J connectivity index is 0.000000102. The summed E-state index contributed by atoms with van der Waals surface area (Å²) in [5.74, 6) is 2.20. The van der Waals surface area contributed by atoms with E-state index in [2.05, 4.69) is 155 Å². The smallest absolute Gasteiger partial charge is 0.219 e. The van der Waals surface area contributed by atoms with Crippen LogP contribution in [0.25, 0.3) is 122 Å². The average Bonchev–Trinajstić information content (AvgIpc) is 1.56. The van der Waals surface area contributed by atoms with E-state index < -0.39 is 0 Å². The summed E-state index contributed by atoms with van der Waals surface area (Å²) >= 11 is 0. The van der Waals surface area contributed by atoms with E-state index in [-0.39, 0.29) is 35.6 Å². The molecule has 5 aromatic carbocycles. The summed E-state index contributed by atoms with van der Waals surface area (Å²) in [6, 6.07) is 36.3. The molecule has 16 aromatic rings. The van der Waals surface area contributed by atoms with Crippen LogP contribution in [0.4, 0.5) is 0 Å². The van der Waals surface area contributed by atoms with Crippen molar-refractivity contribution in [3.05, 3.63) is 220 Å². The van der Waals surface area contributed by atoms with Crippen LogP contribution in [0.3, 0.4) is 0 Å². The number of H-pyrrole nitrogens is 4. The standard InChI is InChI=1S/C23H24N6O2.C21H24N4O.C20H22N4O.C19H21N5O.C18H20N4O/c1-14(30)28-6-5-22-20(11-28)23(26-29(22)17-12-31-13-17)19-9-24-21-7-15(3-4-18(19)21)16-8-25-27(2)10-16;1-13-3-6-16(17-7-9-22-20(13)17)21-18-12-24(14(2)26)10-8-19(18)25(23-21)11-15-4-5-15;1-13(25)23-10-8-19-17(12-23)20(22-24(19)11-14-5-6-14)16-3-2-4-18-15(16)7-9-21-18;1-13(25)24-8-7-18-17(12-24)19(21-23(18)3)15-6-4-5-14(9-15)16-10-20-22(2)11-16;1-11-4-5-13(14-6-8-19-17(11)14)18-15-10-22(12(2)23)9-7-16(15)21(3)20-18/h3-4,7-10,17,24H,5-6,11-13H2,1-2H3;3,6-7,9,15,22H,4-5,8,10-12H2,1-2H3;2-4,7,9,14,21H,5-6,8,10-12H2,1H3;4-6,9-11H,7-8,12H2,1-3H3;4-6,8,19H,7,9-10H2,1-3H3. The number of carbonyl (C=O) groups excluding carboxylic acids is 5. The molecule has 29 nitrogen and oxygen atoms in total. The van der Waals surface area contributed by atoms with Crippen molar-refractivity contribution in [1.29, 1.82) is 0 Å². The van der Waals surface area contributed by atoms with E-state index in [1.165, 1.54) is 109 Å². The highest BCUT2D eigenvalue weighted by atomic mass is 16.5. The van der Waals surface area contributed by atoms with Gasteiger partial charge in [-0.25, -0.2) is 0 Å². The Kier molecular flexibility index (Phi) is 22.4. The number of aromatic amines is 4. The van der Waals surface area contributed by atoms with Crippen LogP contribution in [0.2, 0.25) is 0 Å². The second kappa shape index (κ2) is 34.6. The molecule has 8 aliphatic rings. The van der Waals surface area contributed by atoms with Crippen molar-refractivity contribution in [2.45, 2.75) is 158 Å². The number of benzene rings is 5. The predicted molar refractivity (Wildman–Crippen MR) is 501 cm³/mol. The Hall–Kier alpha value is -14.0. The molecule has 0 spiro atoms. The van der Waals surface area contributed by atoms with Crippen LogP contribution in [-0.2, 0) is 135 Å². The quantitative estimate of drug-likeness (QED) is 0.0885. The Morgan fingerprint density at radius 3 is 1.28 bits per heavy atom. The zero-order valence-corrected chi connectivity index (χ0v) is 75.9. The molecule has 0 unspecified atom stereocenters. The number of hydrogen-bond acceptors (Lipinski definition) is 13. The maximum absolute atomic E-state index is 12.1. The molecule has 2 saturated carbocycles. The highest BCUT2D eigenvalue weighted by Gasteiger charge is 2.37. The highest BCUT2D eigenvalue weighted by molar-refractivity contribution is 6.00. The summed E-state index contributed by atoms with van der Waals surface area (Å²) < 4.78 is 19.6. The summed E-state index contributed by atoms with van der Waals surface area (Å²) in [7, 11) is 7.82. The van der Waals surface area contributed by atoms with Crippen LogP contribution < -0.4 is 0 Å². The van der Waals surface area contributed by atoms with E-state index in [0.29, 0.717) is 45.9 Å². The van der Waals surface area contributed by atoms with Crippen LogP contribution in [0, 0.1) is 25.7 Å². The molecule has 0 atom stereocenters. The SMILES string of the molecule is CC(=O)N1CCc2c(c(-c3c[nH]c4cc(-c5cnn(C)c5)ccc34)nn2C2COC2)C1.CC(=O)N1CCc2c(c(-c3ccc(C)c4[nH]ccc34)nn2C)C1.CC(=O)N1CCc2c(c(-c3ccc(C)c4[nH]ccc34)nn2CC2CC2)C1.CC(=O)N1CCc2c(c(-c3cccc(-c4cnn(C)c4)c3)nn2C)C1.CC(=O)N1CCc2c(c(-c3cccc4[nH]ccc34)nn2CC2CC2)C1. The molecule has 29 heteroatoms. The lowest BCUT2D eigenvalue weighted by Gasteiger charge is -2.31. The van der Waals surface area contributed by atoms with Gasteiger partial charge in [0.2, 0.25) is 29.5 Å². The summed E-state index contributed by atoms with van der Waals surface area (Å²) in [6.45, 7) is 23.0. The van der Waals surface area contributed by atoms with E-state index >= 15 is 0 Å². The van der Waals surface area contributed by atoms with Gasteiger partial charge >= 0.3 is 0 Å². The van der Waals surface area contributed by atoms with Gasteiger partial charge in [-0.2, -0.15) is 35.7 Å². The number of nitrogens with zero attached hydrogens (tertiary/aromatic N) is 19. The molecular formula is C101H111N23O6. The number of amides is 5. The molecule has 666 valence electrons. The van der Waals surface area contributed by atoms with Crippen LogP contribution in [0.15, 0.2) is 153 Å². The number of ether oxygens (including phenoxy) is 1. The Labute approximate surface area is 753 Å². The monoisotopic (exact) mass is 1740 g/mol. The lowest BCUT2D eigenvalue weighted by Crippen LogP contribution is -2.37. The first-order valence-corrected chi connectivity index (χ1v) is 45.6. The molecule has 11 aromatic heterocycles. The van der Waals surface area contributed by atoms with E-state index in [0.717, 1.165) is 196 Å². The number of rotatable bonds is 12. The van der Waals surface area contributed by atoms with Crippen LogP contribution in [0.1, 0.15) is 134 Å².